The zero-order valence-electron chi connectivity index (χ0n) is 11.3. The second kappa shape index (κ2) is 7.68. The summed E-state index contributed by atoms with van der Waals surface area (Å²) in [6, 6.07) is 20.7. The molecule has 2 aromatic carbocycles. The minimum Gasteiger partial charge on any atom is -0.149 e. The molecule has 0 radical (unpaired) electrons. The van der Waals surface area contributed by atoms with Crippen LogP contribution < -0.4 is 10.4 Å². The third-order valence-corrected chi connectivity index (χ3v) is 8.24. The van der Waals surface area contributed by atoms with Crippen molar-refractivity contribution >= 4 is 40.4 Å². The molecule has 2 aromatic rings. The van der Waals surface area contributed by atoms with Gasteiger partial charge in [0.25, 0.3) is 0 Å². The van der Waals surface area contributed by atoms with Gasteiger partial charge in [0, 0.05) is 5.88 Å². The normalized spacial score (nSPS) is 11.9. The van der Waals surface area contributed by atoms with E-state index in [9.17, 15) is 0 Å². The van der Waals surface area contributed by atoms with Crippen LogP contribution >= 0.6 is 22.7 Å². The van der Waals surface area contributed by atoms with Crippen LogP contribution in [0.3, 0.4) is 0 Å². The standard InChI is InChI=1S/C17H18Cl2Si/c18-14-8-3-9-15-20(19,16-10-4-1-5-11-16)17-12-6-2-7-13-17/h1-2,4-7,9-13,15H,3,8,14H2. The summed E-state index contributed by atoms with van der Waals surface area (Å²) >= 11 is 12.8. The number of allylic oxidation sites excluding steroid dienone is 1. The summed E-state index contributed by atoms with van der Waals surface area (Å²) in [7, 11) is -2.30. The molecule has 0 nitrogen and oxygen atoms in total. The Bertz CT molecular complexity index is 498. The second-order valence-electron chi connectivity index (χ2n) is 4.68. The van der Waals surface area contributed by atoms with Gasteiger partial charge in [-0.05, 0) is 23.2 Å². The molecule has 0 aliphatic carbocycles. The highest BCUT2D eigenvalue weighted by Gasteiger charge is 2.32. The molecule has 20 heavy (non-hydrogen) atoms. The highest BCUT2D eigenvalue weighted by Crippen LogP contribution is 2.13. The molecule has 3 heteroatoms. The molecule has 0 heterocycles. The molecule has 0 bridgehead atoms. The molecule has 0 amide bonds. The summed E-state index contributed by atoms with van der Waals surface area (Å²) in [5, 5.41) is 2.44. The van der Waals surface area contributed by atoms with E-state index < -0.39 is 7.38 Å². The average molecular weight is 321 g/mol. The smallest absolute Gasteiger partial charge is 0.149 e. The Hall–Kier alpha value is -1.02. The van der Waals surface area contributed by atoms with Gasteiger partial charge in [-0.1, -0.05) is 72.4 Å². The first-order valence-corrected chi connectivity index (χ1v) is 10.4. The zero-order chi connectivity index (χ0) is 14.3. The molecule has 104 valence electrons. The fraction of sp³-hybridized carbons (Fsp3) is 0.176. The van der Waals surface area contributed by atoms with E-state index in [1.807, 2.05) is 12.1 Å². The molecule has 0 atom stereocenters. The highest BCUT2D eigenvalue weighted by molar-refractivity contribution is 7.36. The lowest BCUT2D eigenvalue weighted by Crippen LogP contribution is -2.52. The molecule has 0 spiro atoms. The van der Waals surface area contributed by atoms with Crippen molar-refractivity contribution in [3.8, 4) is 0 Å². The van der Waals surface area contributed by atoms with Gasteiger partial charge in [-0.15, -0.1) is 22.7 Å². The SMILES string of the molecule is ClCCCC=C[Si](Cl)(c1ccccc1)c1ccccc1. The Morgan fingerprint density at radius 2 is 1.35 bits per heavy atom. The van der Waals surface area contributed by atoms with Crippen molar-refractivity contribution in [2.75, 3.05) is 5.88 Å². The van der Waals surface area contributed by atoms with E-state index in [1.165, 1.54) is 10.4 Å². The van der Waals surface area contributed by atoms with Crippen molar-refractivity contribution < 1.29 is 0 Å². The summed E-state index contributed by atoms with van der Waals surface area (Å²) < 4.78 is 0. The van der Waals surface area contributed by atoms with Crippen LogP contribution in [0.15, 0.2) is 72.4 Å². The third kappa shape index (κ3) is 3.75. The quantitative estimate of drug-likeness (QED) is 0.325. The van der Waals surface area contributed by atoms with Crippen molar-refractivity contribution in [3.63, 3.8) is 0 Å². The van der Waals surface area contributed by atoms with Gasteiger partial charge in [0.15, 0.2) is 0 Å². The lowest BCUT2D eigenvalue weighted by molar-refractivity contribution is 0.968. The van der Waals surface area contributed by atoms with E-state index in [2.05, 4.69) is 60.3 Å². The summed E-state index contributed by atoms with van der Waals surface area (Å²) in [6.07, 6.45) is 4.15. The summed E-state index contributed by atoms with van der Waals surface area (Å²) in [5.74, 6) is 0.692. The van der Waals surface area contributed by atoms with Crippen LogP contribution in [0.5, 0.6) is 0 Å². The van der Waals surface area contributed by atoms with Crippen molar-refractivity contribution in [1.82, 2.24) is 0 Å². The Morgan fingerprint density at radius 3 is 1.80 bits per heavy atom. The van der Waals surface area contributed by atoms with Gasteiger partial charge in [0.2, 0.25) is 7.38 Å². The van der Waals surface area contributed by atoms with Crippen molar-refractivity contribution in [3.05, 3.63) is 72.4 Å². The first-order chi connectivity index (χ1) is 9.77. The van der Waals surface area contributed by atoms with Crippen molar-refractivity contribution in [2.24, 2.45) is 0 Å². The van der Waals surface area contributed by atoms with E-state index in [0.29, 0.717) is 5.88 Å². The van der Waals surface area contributed by atoms with Gasteiger partial charge in [0.05, 0.1) is 0 Å². The van der Waals surface area contributed by atoms with E-state index >= 15 is 0 Å². The van der Waals surface area contributed by atoms with Gasteiger partial charge < -0.3 is 0 Å². The van der Waals surface area contributed by atoms with Crippen LogP contribution in [0.2, 0.25) is 0 Å². The third-order valence-electron chi connectivity index (χ3n) is 3.24. The maximum atomic E-state index is 7.09. The van der Waals surface area contributed by atoms with E-state index in [0.717, 1.165) is 12.8 Å². The maximum Gasteiger partial charge on any atom is 0.240 e. The highest BCUT2D eigenvalue weighted by atomic mass is 35.6. The molecule has 0 aromatic heterocycles. The predicted molar refractivity (Wildman–Crippen MR) is 92.9 cm³/mol. The number of hydrogen-bond acceptors (Lipinski definition) is 0. The number of benzene rings is 2. The van der Waals surface area contributed by atoms with Crippen LogP contribution in [0.4, 0.5) is 0 Å². The molecule has 0 saturated carbocycles. The molecule has 0 aliphatic rings. The molecule has 0 saturated heterocycles. The van der Waals surface area contributed by atoms with Crippen LogP contribution in [0.25, 0.3) is 0 Å². The summed E-state index contributed by atoms with van der Waals surface area (Å²) in [4.78, 5) is 0. The maximum absolute atomic E-state index is 7.09. The van der Waals surface area contributed by atoms with Gasteiger partial charge >= 0.3 is 0 Å². The largest absolute Gasteiger partial charge is 0.240 e. The number of unbranched alkanes of at least 4 members (excludes halogenated alkanes) is 1. The Labute approximate surface area is 131 Å². The number of halogens is 2. The molecular formula is C17H18Cl2Si. The Balaban J connectivity index is 2.36. The molecule has 0 unspecified atom stereocenters. The molecular weight excluding hydrogens is 303 g/mol. The molecule has 0 fully saturated rings. The molecule has 0 aliphatic heterocycles. The topological polar surface area (TPSA) is 0 Å². The molecule has 2 rings (SSSR count). The summed E-state index contributed by atoms with van der Waals surface area (Å²) in [5.41, 5.74) is 2.21. The lowest BCUT2D eigenvalue weighted by atomic mass is 10.3. The fourth-order valence-electron chi connectivity index (χ4n) is 2.16. The minimum absolute atomic E-state index is 0.692. The summed E-state index contributed by atoms with van der Waals surface area (Å²) in [6.45, 7) is 0. The van der Waals surface area contributed by atoms with Gasteiger partial charge in [0.1, 0.15) is 0 Å². The van der Waals surface area contributed by atoms with Crippen LogP contribution in [-0.4, -0.2) is 13.3 Å². The number of rotatable bonds is 6. The minimum atomic E-state index is -2.30. The first-order valence-electron chi connectivity index (χ1n) is 6.81. The fourth-order valence-corrected chi connectivity index (χ4v) is 5.90. The van der Waals surface area contributed by atoms with E-state index in [4.69, 9.17) is 22.7 Å². The second-order valence-corrected chi connectivity index (χ2v) is 9.76. The van der Waals surface area contributed by atoms with Crippen LogP contribution in [0, 0.1) is 0 Å². The Kier molecular flexibility index (Phi) is 5.90. The van der Waals surface area contributed by atoms with E-state index in [1.54, 1.807) is 0 Å². The Morgan fingerprint density at radius 1 is 0.850 bits per heavy atom. The van der Waals surface area contributed by atoms with E-state index in [-0.39, 0.29) is 0 Å². The number of hydrogen-bond donors (Lipinski definition) is 0. The van der Waals surface area contributed by atoms with Gasteiger partial charge in [-0.2, -0.15) is 0 Å². The van der Waals surface area contributed by atoms with Crippen molar-refractivity contribution in [1.29, 1.82) is 0 Å². The van der Waals surface area contributed by atoms with Crippen LogP contribution in [-0.2, 0) is 0 Å². The lowest BCUT2D eigenvalue weighted by Gasteiger charge is -2.22. The average Bonchev–Trinajstić information content (AvgIpc) is 2.53. The monoisotopic (exact) mass is 320 g/mol. The zero-order valence-corrected chi connectivity index (χ0v) is 13.8. The van der Waals surface area contributed by atoms with Gasteiger partial charge in [-0.25, -0.2) is 0 Å². The number of alkyl halides is 1. The first kappa shape index (κ1) is 15.4. The molecule has 0 N–H and O–H groups in total. The van der Waals surface area contributed by atoms with Crippen LogP contribution in [0.1, 0.15) is 12.8 Å². The van der Waals surface area contributed by atoms with Gasteiger partial charge in [-0.3, -0.25) is 0 Å². The predicted octanol–water partition coefficient (Wildman–Crippen LogP) is 4.10. The van der Waals surface area contributed by atoms with Crippen molar-refractivity contribution in [2.45, 2.75) is 12.8 Å².